The molecular formula is C24H32N2O3. The monoisotopic (exact) mass is 396 g/mol. The maximum Gasteiger partial charge on any atom is 0.265 e. The van der Waals surface area contributed by atoms with E-state index >= 15 is 0 Å². The number of amides is 2. The Bertz CT molecular complexity index is 834. The minimum absolute atomic E-state index is 0.0970. The third-order valence-electron chi connectivity index (χ3n) is 5.12. The van der Waals surface area contributed by atoms with E-state index in [2.05, 4.69) is 24.5 Å². The van der Waals surface area contributed by atoms with Crippen molar-refractivity contribution in [2.24, 2.45) is 0 Å². The van der Waals surface area contributed by atoms with Crippen LogP contribution in [0, 0.1) is 0 Å². The molecule has 3 atom stereocenters. The summed E-state index contributed by atoms with van der Waals surface area (Å²) in [5, 5.41) is 5.77. The van der Waals surface area contributed by atoms with Gasteiger partial charge in [-0.1, -0.05) is 45.0 Å². The standard InChI is InChI=1S/C24H32N2O3/c1-6-16(3)21-13-8-9-14-22(21)29-18(5)23(27)26-20-12-10-11-19(15-20)24(28)25-17(4)7-2/h8-18H,6-7H2,1-5H3,(H,25,28)(H,26,27). The number of nitrogens with one attached hydrogen (secondary N) is 2. The van der Waals surface area contributed by atoms with Crippen molar-refractivity contribution in [2.75, 3.05) is 5.32 Å². The van der Waals surface area contributed by atoms with Crippen molar-refractivity contribution in [1.82, 2.24) is 5.32 Å². The van der Waals surface area contributed by atoms with E-state index in [0.717, 1.165) is 24.2 Å². The van der Waals surface area contributed by atoms with Gasteiger partial charge in [-0.25, -0.2) is 0 Å². The molecule has 2 aromatic rings. The number of anilines is 1. The molecule has 0 aromatic heterocycles. The Morgan fingerprint density at radius 2 is 1.69 bits per heavy atom. The number of hydrogen-bond acceptors (Lipinski definition) is 3. The van der Waals surface area contributed by atoms with E-state index in [0.29, 0.717) is 17.2 Å². The Morgan fingerprint density at radius 3 is 2.38 bits per heavy atom. The van der Waals surface area contributed by atoms with Crippen LogP contribution in [0.25, 0.3) is 0 Å². The van der Waals surface area contributed by atoms with Gasteiger partial charge in [0.15, 0.2) is 6.10 Å². The maximum absolute atomic E-state index is 12.6. The van der Waals surface area contributed by atoms with Crippen molar-refractivity contribution in [2.45, 2.75) is 65.5 Å². The minimum atomic E-state index is -0.669. The zero-order valence-electron chi connectivity index (χ0n) is 18.0. The van der Waals surface area contributed by atoms with Crippen LogP contribution >= 0.6 is 0 Å². The van der Waals surface area contributed by atoms with Gasteiger partial charge in [0.05, 0.1) is 0 Å². The number of hydrogen-bond donors (Lipinski definition) is 2. The number of ether oxygens (including phenoxy) is 1. The van der Waals surface area contributed by atoms with Crippen LogP contribution in [0.1, 0.15) is 69.3 Å². The Morgan fingerprint density at radius 1 is 0.966 bits per heavy atom. The Balaban J connectivity index is 2.05. The highest BCUT2D eigenvalue weighted by Crippen LogP contribution is 2.29. The largest absolute Gasteiger partial charge is 0.481 e. The topological polar surface area (TPSA) is 67.4 Å². The average Bonchev–Trinajstić information content (AvgIpc) is 2.73. The van der Waals surface area contributed by atoms with E-state index in [1.165, 1.54) is 0 Å². The fourth-order valence-electron chi connectivity index (χ4n) is 2.85. The summed E-state index contributed by atoms with van der Waals surface area (Å²) in [5.41, 5.74) is 2.18. The molecule has 2 amide bonds. The molecule has 0 aliphatic rings. The lowest BCUT2D eigenvalue weighted by Gasteiger charge is -2.20. The van der Waals surface area contributed by atoms with Crippen molar-refractivity contribution in [3.05, 3.63) is 59.7 Å². The van der Waals surface area contributed by atoms with Gasteiger partial charge >= 0.3 is 0 Å². The van der Waals surface area contributed by atoms with Gasteiger partial charge < -0.3 is 15.4 Å². The maximum atomic E-state index is 12.6. The van der Waals surface area contributed by atoms with E-state index in [9.17, 15) is 9.59 Å². The Labute approximate surface area is 173 Å². The molecule has 156 valence electrons. The molecule has 0 aliphatic heterocycles. The molecule has 29 heavy (non-hydrogen) atoms. The average molecular weight is 397 g/mol. The second-order valence-electron chi connectivity index (χ2n) is 7.46. The molecule has 0 saturated carbocycles. The summed E-state index contributed by atoms with van der Waals surface area (Å²) in [7, 11) is 0. The predicted octanol–water partition coefficient (Wildman–Crippen LogP) is 5.13. The van der Waals surface area contributed by atoms with E-state index in [-0.39, 0.29) is 17.9 Å². The highest BCUT2D eigenvalue weighted by Gasteiger charge is 2.18. The third kappa shape index (κ3) is 6.34. The second-order valence-corrected chi connectivity index (χ2v) is 7.46. The van der Waals surface area contributed by atoms with Crippen molar-refractivity contribution in [1.29, 1.82) is 0 Å². The van der Waals surface area contributed by atoms with E-state index in [1.807, 2.05) is 38.1 Å². The first-order chi connectivity index (χ1) is 13.8. The number of para-hydroxylation sites is 1. The van der Waals surface area contributed by atoms with Gasteiger partial charge in [-0.3, -0.25) is 9.59 Å². The van der Waals surface area contributed by atoms with Gasteiger partial charge in [0.2, 0.25) is 0 Å². The zero-order valence-corrected chi connectivity index (χ0v) is 18.0. The van der Waals surface area contributed by atoms with Crippen LogP contribution in [-0.4, -0.2) is 24.0 Å². The van der Waals surface area contributed by atoms with Crippen LogP contribution < -0.4 is 15.4 Å². The van der Waals surface area contributed by atoms with Crippen molar-refractivity contribution in [3.8, 4) is 5.75 Å². The lowest BCUT2D eigenvalue weighted by molar-refractivity contribution is -0.122. The second kappa shape index (κ2) is 10.6. The van der Waals surface area contributed by atoms with Gasteiger partial charge in [-0.05, 0) is 62.4 Å². The molecule has 0 fully saturated rings. The number of carbonyl (C=O) groups excluding carboxylic acids is 2. The number of benzene rings is 2. The van der Waals surface area contributed by atoms with Crippen LogP contribution in [0.5, 0.6) is 5.75 Å². The molecule has 2 rings (SSSR count). The Kier molecular flexibility index (Phi) is 8.25. The molecule has 5 nitrogen and oxygen atoms in total. The SMILES string of the molecule is CCC(C)NC(=O)c1cccc(NC(=O)C(C)Oc2ccccc2C(C)CC)c1. The molecular weight excluding hydrogens is 364 g/mol. The van der Waals surface area contributed by atoms with E-state index < -0.39 is 6.10 Å². The van der Waals surface area contributed by atoms with Crippen molar-refractivity contribution in [3.63, 3.8) is 0 Å². The highest BCUT2D eigenvalue weighted by atomic mass is 16.5. The van der Waals surface area contributed by atoms with Gasteiger partial charge in [0, 0.05) is 17.3 Å². The molecule has 2 N–H and O–H groups in total. The fraction of sp³-hybridized carbons (Fsp3) is 0.417. The van der Waals surface area contributed by atoms with Crippen LogP contribution in [0.4, 0.5) is 5.69 Å². The van der Waals surface area contributed by atoms with Gasteiger partial charge in [-0.15, -0.1) is 0 Å². The van der Waals surface area contributed by atoms with Crippen LogP contribution in [0.15, 0.2) is 48.5 Å². The first kappa shape index (κ1) is 22.5. The quantitative estimate of drug-likeness (QED) is 0.617. The normalized spacial score (nSPS) is 13.8. The predicted molar refractivity (Wildman–Crippen MR) is 118 cm³/mol. The molecule has 0 heterocycles. The molecule has 0 aliphatic carbocycles. The summed E-state index contributed by atoms with van der Waals surface area (Å²) in [5.74, 6) is 0.666. The zero-order chi connectivity index (χ0) is 21.4. The lowest BCUT2D eigenvalue weighted by Crippen LogP contribution is -2.32. The molecule has 0 radical (unpaired) electrons. The fourth-order valence-corrected chi connectivity index (χ4v) is 2.85. The molecule has 5 heteroatoms. The van der Waals surface area contributed by atoms with E-state index in [4.69, 9.17) is 4.74 Å². The third-order valence-corrected chi connectivity index (χ3v) is 5.12. The first-order valence-electron chi connectivity index (χ1n) is 10.3. The lowest BCUT2D eigenvalue weighted by atomic mass is 9.98. The van der Waals surface area contributed by atoms with Crippen LogP contribution in [0.3, 0.4) is 0 Å². The summed E-state index contributed by atoms with van der Waals surface area (Å²) >= 11 is 0. The molecule has 3 unspecified atom stereocenters. The number of rotatable bonds is 9. The molecule has 0 saturated heterocycles. The van der Waals surface area contributed by atoms with Crippen LogP contribution in [0.2, 0.25) is 0 Å². The van der Waals surface area contributed by atoms with Gasteiger partial charge in [0.1, 0.15) is 5.75 Å². The van der Waals surface area contributed by atoms with Gasteiger partial charge in [0.25, 0.3) is 11.8 Å². The Hall–Kier alpha value is -2.82. The molecule has 0 bridgehead atoms. The number of carbonyl (C=O) groups is 2. The summed E-state index contributed by atoms with van der Waals surface area (Å²) in [4.78, 5) is 24.9. The van der Waals surface area contributed by atoms with Gasteiger partial charge in [-0.2, -0.15) is 0 Å². The van der Waals surface area contributed by atoms with E-state index in [1.54, 1.807) is 31.2 Å². The van der Waals surface area contributed by atoms with Crippen molar-refractivity contribution >= 4 is 17.5 Å². The van der Waals surface area contributed by atoms with Crippen molar-refractivity contribution < 1.29 is 14.3 Å². The summed E-state index contributed by atoms with van der Waals surface area (Å²) in [6.07, 6.45) is 1.18. The highest BCUT2D eigenvalue weighted by molar-refractivity contribution is 5.98. The summed E-state index contributed by atoms with van der Waals surface area (Å²) in [6.45, 7) is 9.97. The smallest absolute Gasteiger partial charge is 0.265 e. The molecule has 2 aromatic carbocycles. The summed E-state index contributed by atoms with van der Waals surface area (Å²) < 4.78 is 5.96. The molecule has 0 spiro atoms. The minimum Gasteiger partial charge on any atom is -0.481 e. The van der Waals surface area contributed by atoms with Crippen LogP contribution in [-0.2, 0) is 4.79 Å². The summed E-state index contributed by atoms with van der Waals surface area (Å²) in [6, 6.07) is 14.8. The first-order valence-corrected chi connectivity index (χ1v) is 10.3.